The van der Waals surface area contributed by atoms with Crippen LogP contribution >= 0.6 is 0 Å². The van der Waals surface area contributed by atoms with Crippen LogP contribution in [0.2, 0.25) is 0 Å². The first-order chi connectivity index (χ1) is 8.86. The van der Waals surface area contributed by atoms with Gasteiger partial charge in [-0.2, -0.15) is 0 Å². The molecule has 2 unspecified atom stereocenters. The molecule has 98 valence electrons. The van der Waals surface area contributed by atoms with Crippen LogP contribution in [-0.4, -0.2) is 12.6 Å². The van der Waals surface area contributed by atoms with E-state index in [1.165, 1.54) is 31.2 Å². The second-order valence-electron chi connectivity index (χ2n) is 5.68. The van der Waals surface area contributed by atoms with Gasteiger partial charge in [-0.3, -0.25) is 0 Å². The molecule has 1 heterocycles. The Hall–Kier alpha value is -1.02. The zero-order chi connectivity index (χ0) is 12.4. The van der Waals surface area contributed by atoms with Crippen LogP contribution in [-0.2, 0) is 0 Å². The van der Waals surface area contributed by atoms with Gasteiger partial charge >= 0.3 is 0 Å². The van der Waals surface area contributed by atoms with Crippen LogP contribution in [0.25, 0.3) is 0 Å². The normalized spacial score (nSPS) is 24.2. The van der Waals surface area contributed by atoms with Crippen molar-refractivity contribution in [2.45, 2.75) is 51.1 Å². The average Bonchev–Trinajstić information content (AvgIpc) is 3.22. The van der Waals surface area contributed by atoms with Crippen molar-refractivity contribution in [1.29, 1.82) is 0 Å². The highest BCUT2D eigenvalue weighted by molar-refractivity contribution is 5.37. The molecule has 0 amide bonds. The molecule has 1 aliphatic heterocycles. The average molecular weight is 245 g/mol. The molecule has 18 heavy (non-hydrogen) atoms. The number of hydrogen-bond acceptors (Lipinski definition) is 2. The number of nitrogens with one attached hydrogen (secondary N) is 1. The van der Waals surface area contributed by atoms with E-state index in [2.05, 4.69) is 36.5 Å². The molecular formula is C16H23NO. The van der Waals surface area contributed by atoms with Crippen molar-refractivity contribution in [2.24, 2.45) is 5.92 Å². The minimum atomic E-state index is 0.485. The number of para-hydroxylation sites is 1. The smallest absolute Gasteiger partial charge is 0.124 e. The van der Waals surface area contributed by atoms with E-state index in [-0.39, 0.29) is 0 Å². The zero-order valence-electron chi connectivity index (χ0n) is 11.2. The van der Waals surface area contributed by atoms with Gasteiger partial charge in [0.25, 0.3) is 0 Å². The van der Waals surface area contributed by atoms with Crippen molar-refractivity contribution in [3.63, 3.8) is 0 Å². The fraction of sp³-hybridized carbons (Fsp3) is 0.625. The summed E-state index contributed by atoms with van der Waals surface area (Å²) in [7, 11) is 0. The third-order valence-corrected chi connectivity index (χ3v) is 4.20. The molecule has 1 N–H and O–H groups in total. The van der Waals surface area contributed by atoms with Gasteiger partial charge in [0.05, 0.1) is 6.61 Å². The Labute approximate surface area is 110 Å². The molecule has 2 heteroatoms. The summed E-state index contributed by atoms with van der Waals surface area (Å²) in [5.74, 6) is 2.07. The predicted octanol–water partition coefficient (Wildman–Crippen LogP) is 3.68. The molecule has 1 saturated carbocycles. The molecule has 1 aromatic carbocycles. The summed E-state index contributed by atoms with van der Waals surface area (Å²) in [6, 6.07) is 9.63. The zero-order valence-corrected chi connectivity index (χ0v) is 11.2. The number of benzene rings is 1. The van der Waals surface area contributed by atoms with E-state index >= 15 is 0 Å². The number of rotatable bonds is 5. The Morgan fingerprint density at radius 3 is 2.89 bits per heavy atom. The summed E-state index contributed by atoms with van der Waals surface area (Å²) in [6.45, 7) is 3.14. The van der Waals surface area contributed by atoms with Gasteiger partial charge in [0.15, 0.2) is 0 Å². The number of hydrogen-bond donors (Lipinski definition) is 1. The molecule has 0 saturated heterocycles. The van der Waals surface area contributed by atoms with Crippen molar-refractivity contribution in [3.8, 4) is 5.75 Å². The topological polar surface area (TPSA) is 21.3 Å². The van der Waals surface area contributed by atoms with Gasteiger partial charge in [-0.1, -0.05) is 38.0 Å². The fourth-order valence-electron chi connectivity index (χ4n) is 2.91. The highest BCUT2D eigenvalue weighted by Gasteiger charge is 2.28. The van der Waals surface area contributed by atoms with Crippen LogP contribution in [0.3, 0.4) is 0 Å². The SMILES string of the molecule is CCC(CC1CC1)NC1CCOc2ccccc21. The van der Waals surface area contributed by atoms with Crippen LogP contribution in [0.5, 0.6) is 5.75 Å². The predicted molar refractivity (Wildman–Crippen MR) is 73.9 cm³/mol. The van der Waals surface area contributed by atoms with E-state index in [9.17, 15) is 0 Å². The molecule has 0 bridgehead atoms. The second-order valence-corrected chi connectivity index (χ2v) is 5.68. The van der Waals surface area contributed by atoms with Gasteiger partial charge in [0, 0.05) is 24.1 Å². The lowest BCUT2D eigenvalue weighted by Crippen LogP contribution is -2.35. The van der Waals surface area contributed by atoms with E-state index in [1.54, 1.807) is 0 Å². The summed E-state index contributed by atoms with van der Waals surface area (Å²) in [5, 5.41) is 3.85. The Morgan fingerprint density at radius 1 is 1.28 bits per heavy atom. The minimum Gasteiger partial charge on any atom is -0.493 e. The van der Waals surface area contributed by atoms with Crippen LogP contribution in [0.1, 0.15) is 50.6 Å². The summed E-state index contributed by atoms with van der Waals surface area (Å²) in [5.41, 5.74) is 1.35. The molecular weight excluding hydrogens is 222 g/mol. The van der Waals surface area contributed by atoms with Crippen LogP contribution < -0.4 is 10.1 Å². The standard InChI is InChI=1S/C16H23NO/c1-2-13(11-12-7-8-12)17-15-9-10-18-16-6-4-3-5-14(15)16/h3-6,12-13,15,17H,2,7-11H2,1H3. The van der Waals surface area contributed by atoms with Crippen molar-refractivity contribution in [2.75, 3.05) is 6.61 Å². The Balaban J connectivity index is 1.68. The molecule has 3 rings (SSSR count). The molecule has 1 fully saturated rings. The molecule has 2 nitrogen and oxygen atoms in total. The first-order valence-corrected chi connectivity index (χ1v) is 7.34. The van der Waals surface area contributed by atoms with E-state index in [0.717, 1.165) is 24.7 Å². The lowest BCUT2D eigenvalue weighted by molar-refractivity contribution is 0.239. The van der Waals surface area contributed by atoms with E-state index in [1.807, 2.05) is 0 Å². The summed E-state index contributed by atoms with van der Waals surface area (Å²) < 4.78 is 5.72. The van der Waals surface area contributed by atoms with E-state index < -0.39 is 0 Å². The first kappa shape index (κ1) is 12.0. The first-order valence-electron chi connectivity index (χ1n) is 7.34. The van der Waals surface area contributed by atoms with Crippen molar-refractivity contribution in [3.05, 3.63) is 29.8 Å². The van der Waals surface area contributed by atoms with Gasteiger partial charge in [-0.25, -0.2) is 0 Å². The van der Waals surface area contributed by atoms with Gasteiger partial charge in [-0.15, -0.1) is 0 Å². The fourth-order valence-corrected chi connectivity index (χ4v) is 2.91. The maximum atomic E-state index is 5.72. The summed E-state index contributed by atoms with van der Waals surface area (Å²) in [6.07, 6.45) is 6.58. The minimum absolute atomic E-state index is 0.485. The summed E-state index contributed by atoms with van der Waals surface area (Å²) in [4.78, 5) is 0. The van der Waals surface area contributed by atoms with Crippen LogP contribution in [0.4, 0.5) is 0 Å². The van der Waals surface area contributed by atoms with Crippen molar-refractivity contribution in [1.82, 2.24) is 5.32 Å². The maximum absolute atomic E-state index is 5.72. The lowest BCUT2D eigenvalue weighted by atomic mass is 9.98. The lowest BCUT2D eigenvalue weighted by Gasteiger charge is -2.30. The van der Waals surface area contributed by atoms with Gasteiger partial charge in [-0.05, 0) is 24.8 Å². The van der Waals surface area contributed by atoms with Crippen LogP contribution in [0, 0.1) is 5.92 Å². The van der Waals surface area contributed by atoms with E-state index in [0.29, 0.717) is 12.1 Å². The molecule has 2 aliphatic rings. The molecule has 1 aromatic rings. The highest BCUT2D eigenvalue weighted by Crippen LogP contribution is 2.36. The van der Waals surface area contributed by atoms with Gasteiger partial charge in [0.2, 0.25) is 0 Å². The third-order valence-electron chi connectivity index (χ3n) is 4.20. The van der Waals surface area contributed by atoms with E-state index in [4.69, 9.17) is 4.74 Å². The second kappa shape index (κ2) is 5.31. The monoisotopic (exact) mass is 245 g/mol. The third kappa shape index (κ3) is 2.69. The molecule has 1 aliphatic carbocycles. The molecule has 0 radical (unpaired) electrons. The molecule has 2 atom stereocenters. The Kier molecular flexibility index (Phi) is 3.55. The maximum Gasteiger partial charge on any atom is 0.124 e. The summed E-state index contributed by atoms with van der Waals surface area (Å²) >= 11 is 0. The molecule has 0 spiro atoms. The number of fused-ring (bicyclic) bond motifs is 1. The molecule has 0 aromatic heterocycles. The Morgan fingerprint density at radius 2 is 2.11 bits per heavy atom. The van der Waals surface area contributed by atoms with Crippen LogP contribution in [0.15, 0.2) is 24.3 Å². The van der Waals surface area contributed by atoms with Crippen molar-refractivity contribution >= 4 is 0 Å². The number of ether oxygens (including phenoxy) is 1. The van der Waals surface area contributed by atoms with Crippen molar-refractivity contribution < 1.29 is 4.74 Å². The van der Waals surface area contributed by atoms with Gasteiger partial charge in [0.1, 0.15) is 5.75 Å². The quantitative estimate of drug-likeness (QED) is 0.854. The highest BCUT2D eigenvalue weighted by atomic mass is 16.5. The van der Waals surface area contributed by atoms with Gasteiger partial charge < -0.3 is 10.1 Å². The Bertz CT molecular complexity index is 400. The largest absolute Gasteiger partial charge is 0.493 e.